The number of ether oxygens (including phenoxy) is 1. The lowest BCUT2D eigenvalue weighted by atomic mass is 10.2. The van der Waals surface area contributed by atoms with Crippen LogP contribution in [0.2, 0.25) is 0 Å². The van der Waals surface area contributed by atoms with Gasteiger partial charge in [-0.15, -0.1) is 10.2 Å². The van der Waals surface area contributed by atoms with Crippen molar-refractivity contribution in [2.24, 2.45) is 0 Å². The fraction of sp³-hybridized carbons (Fsp3) is 0.500. The van der Waals surface area contributed by atoms with Gasteiger partial charge in [-0.2, -0.15) is 0 Å². The lowest BCUT2D eigenvalue weighted by Crippen LogP contribution is -2.36. The summed E-state index contributed by atoms with van der Waals surface area (Å²) in [7, 11) is 0. The van der Waals surface area contributed by atoms with Gasteiger partial charge in [-0.25, -0.2) is 4.39 Å². The van der Waals surface area contributed by atoms with E-state index in [1.165, 1.54) is 17.8 Å². The molecule has 27 heavy (non-hydrogen) atoms. The van der Waals surface area contributed by atoms with Crippen molar-refractivity contribution >= 4 is 23.4 Å². The van der Waals surface area contributed by atoms with Crippen LogP contribution < -0.4 is 5.32 Å². The minimum Gasteiger partial charge on any atom is -0.379 e. The number of hydrogen-bond donors (Lipinski definition) is 1. The van der Waals surface area contributed by atoms with Crippen LogP contribution in [0.4, 0.5) is 10.1 Å². The number of thioether (sulfide) groups is 1. The number of aryl methyl sites for hydroxylation is 1. The molecule has 1 aromatic carbocycles. The smallest absolute Gasteiger partial charge is 0.234 e. The SMILES string of the molecule is CCn1c(CN2CCOCC2)nnc1SCC(=O)Nc1cc(C)ccc1F. The van der Waals surface area contributed by atoms with Crippen LogP contribution in [-0.4, -0.2) is 57.6 Å². The van der Waals surface area contributed by atoms with Gasteiger partial charge in [-0.3, -0.25) is 9.69 Å². The summed E-state index contributed by atoms with van der Waals surface area (Å²) in [5.41, 5.74) is 1.09. The van der Waals surface area contributed by atoms with Gasteiger partial charge < -0.3 is 14.6 Å². The van der Waals surface area contributed by atoms with Crippen LogP contribution >= 0.6 is 11.8 Å². The van der Waals surface area contributed by atoms with E-state index in [0.29, 0.717) is 11.7 Å². The molecule has 0 aliphatic carbocycles. The van der Waals surface area contributed by atoms with Crippen LogP contribution in [0.15, 0.2) is 23.4 Å². The highest BCUT2D eigenvalue weighted by molar-refractivity contribution is 7.99. The maximum Gasteiger partial charge on any atom is 0.234 e. The number of nitrogens with one attached hydrogen (secondary N) is 1. The van der Waals surface area contributed by atoms with Crippen LogP contribution in [0.3, 0.4) is 0 Å². The molecular formula is C18H24FN5O2S. The van der Waals surface area contributed by atoms with E-state index in [-0.39, 0.29) is 17.3 Å². The van der Waals surface area contributed by atoms with Crippen LogP contribution in [0, 0.1) is 12.7 Å². The van der Waals surface area contributed by atoms with Gasteiger partial charge in [0.05, 0.1) is 31.2 Å². The molecule has 1 amide bonds. The van der Waals surface area contributed by atoms with Gasteiger partial charge >= 0.3 is 0 Å². The first-order chi connectivity index (χ1) is 13.1. The molecule has 1 saturated heterocycles. The Morgan fingerprint density at radius 1 is 1.33 bits per heavy atom. The molecule has 1 N–H and O–H groups in total. The van der Waals surface area contributed by atoms with Crippen molar-refractivity contribution in [2.75, 3.05) is 37.4 Å². The molecule has 1 aliphatic rings. The number of aromatic nitrogens is 3. The summed E-state index contributed by atoms with van der Waals surface area (Å²) in [6, 6.07) is 4.63. The number of amides is 1. The fourth-order valence-electron chi connectivity index (χ4n) is 2.87. The maximum absolute atomic E-state index is 13.8. The fourth-order valence-corrected chi connectivity index (χ4v) is 3.69. The second-order valence-corrected chi connectivity index (χ2v) is 7.29. The third-order valence-corrected chi connectivity index (χ3v) is 5.27. The quantitative estimate of drug-likeness (QED) is 0.728. The van der Waals surface area contributed by atoms with Crippen LogP contribution in [-0.2, 0) is 22.6 Å². The van der Waals surface area contributed by atoms with E-state index < -0.39 is 5.82 Å². The molecule has 9 heteroatoms. The van der Waals surface area contributed by atoms with Crippen molar-refractivity contribution in [1.82, 2.24) is 19.7 Å². The molecule has 1 fully saturated rings. The second kappa shape index (κ2) is 9.29. The molecule has 0 bridgehead atoms. The molecule has 0 radical (unpaired) electrons. The molecule has 0 unspecified atom stereocenters. The van der Waals surface area contributed by atoms with Crippen LogP contribution in [0.5, 0.6) is 0 Å². The third kappa shape index (κ3) is 5.27. The highest BCUT2D eigenvalue weighted by Crippen LogP contribution is 2.20. The molecule has 0 saturated carbocycles. The van der Waals surface area contributed by atoms with E-state index in [0.717, 1.165) is 44.2 Å². The van der Waals surface area contributed by atoms with Crippen LogP contribution in [0.1, 0.15) is 18.3 Å². The Labute approximate surface area is 162 Å². The Morgan fingerprint density at radius 3 is 2.85 bits per heavy atom. The largest absolute Gasteiger partial charge is 0.379 e. The zero-order valence-corrected chi connectivity index (χ0v) is 16.4. The minimum absolute atomic E-state index is 0.142. The first-order valence-corrected chi connectivity index (χ1v) is 9.96. The monoisotopic (exact) mass is 393 g/mol. The summed E-state index contributed by atoms with van der Waals surface area (Å²) in [4.78, 5) is 14.5. The lowest BCUT2D eigenvalue weighted by Gasteiger charge is -2.26. The molecule has 2 aromatic rings. The summed E-state index contributed by atoms with van der Waals surface area (Å²) in [5, 5.41) is 11.8. The number of benzene rings is 1. The molecule has 2 heterocycles. The van der Waals surface area contributed by atoms with Gasteiger partial charge in [0.15, 0.2) is 5.16 Å². The van der Waals surface area contributed by atoms with Gasteiger partial charge in [0.2, 0.25) is 5.91 Å². The Hall–Kier alpha value is -1.97. The molecule has 146 valence electrons. The minimum atomic E-state index is -0.441. The molecule has 0 spiro atoms. The standard InChI is InChI=1S/C18H24FN5O2S/c1-3-24-16(11-23-6-8-26-9-7-23)21-22-18(24)27-12-17(25)20-15-10-13(2)4-5-14(15)19/h4-5,10H,3,6-9,11-12H2,1-2H3,(H,20,25). The summed E-state index contributed by atoms with van der Waals surface area (Å²) in [6.45, 7) is 8.54. The third-order valence-electron chi connectivity index (χ3n) is 4.31. The first kappa shape index (κ1) is 19.8. The average molecular weight is 393 g/mol. The van der Waals surface area contributed by atoms with Crippen molar-refractivity contribution in [3.8, 4) is 0 Å². The van der Waals surface area contributed by atoms with Crippen molar-refractivity contribution < 1.29 is 13.9 Å². The summed E-state index contributed by atoms with van der Waals surface area (Å²) >= 11 is 1.30. The van der Waals surface area contributed by atoms with Gasteiger partial charge in [0.1, 0.15) is 11.6 Å². The first-order valence-electron chi connectivity index (χ1n) is 8.97. The molecular weight excluding hydrogens is 369 g/mol. The Bertz CT molecular complexity index is 792. The van der Waals surface area contributed by atoms with Gasteiger partial charge in [-0.1, -0.05) is 17.8 Å². The zero-order valence-electron chi connectivity index (χ0n) is 15.6. The number of carbonyl (C=O) groups is 1. The average Bonchev–Trinajstić information content (AvgIpc) is 3.05. The number of anilines is 1. The van der Waals surface area contributed by atoms with Crippen molar-refractivity contribution in [2.45, 2.75) is 32.1 Å². The number of rotatable bonds is 7. The molecule has 3 rings (SSSR count). The Kier molecular flexibility index (Phi) is 6.81. The van der Waals surface area contributed by atoms with Gasteiger partial charge in [0.25, 0.3) is 0 Å². The van der Waals surface area contributed by atoms with Crippen molar-refractivity contribution in [3.05, 3.63) is 35.4 Å². The second-order valence-electron chi connectivity index (χ2n) is 6.35. The normalized spacial score (nSPS) is 15.1. The van der Waals surface area contributed by atoms with Gasteiger partial charge in [0, 0.05) is 19.6 Å². The number of halogens is 1. The number of morpholine rings is 1. The predicted molar refractivity (Wildman–Crippen MR) is 102 cm³/mol. The van der Waals surface area contributed by atoms with E-state index >= 15 is 0 Å². The highest BCUT2D eigenvalue weighted by Gasteiger charge is 2.18. The molecule has 0 atom stereocenters. The molecule has 1 aliphatic heterocycles. The zero-order chi connectivity index (χ0) is 19.2. The summed E-state index contributed by atoms with van der Waals surface area (Å²) < 4.78 is 21.2. The topological polar surface area (TPSA) is 72.3 Å². The molecule has 1 aromatic heterocycles. The number of carbonyl (C=O) groups excluding carboxylic acids is 1. The lowest BCUT2D eigenvalue weighted by molar-refractivity contribution is -0.113. The van der Waals surface area contributed by atoms with E-state index in [1.807, 2.05) is 18.4 Å². The van der Waals surface area contributed by atoms with Gasteiger partial charge in [-0.05, 0) is 31.5 Å². The van der Waals surface area contributed by atoms with E-state index in [9.17, 15) is 9.18 Å². The van der Waals surface area contributed by atoms with Crippen molar-refractivity contribution in [1.29, 1.82) is 0 Å². The maximum atomic E-state index is 13.8. The Morgan fingerprint density at radius 2 is 2.11 bits per heavy atom. The predicted octanol–water partition coefficient (Wildman–Crippen LogP) is 2.31. The summed E-state index contributed by atoms with van der Waals surface area (Å²) in [6.07, 6.45) is 0. The van der Waals surface area contributed by atoms with E-state index in [4.69, 9.17) is 4.74 Å². The highest BCUT2D eigenvalue weighted by atomic mass is 32.2. The molecule has 7 nitrogen and oxygen atoms in total. The number of nitrogens with zero attached hydrogens (tertiary/aromatic N) is 4. The van der Waals surface area contributed by atoms with E-state index in [2.05, 4.69) is 20.4 Å². The van der Waals surface area contributed by atoms with Crippen LogP contribution in [0.25, 0.3) is 0 Å². The summed E-state index contributed by atoms with van der Waals surface area (Å²) in [5.74, 6) is 0.309. The number of hydrogen-bond acceptors (Lipinski definition) is 6. The Balaban J connectivity index is 1.58. The van der Waals surface area contributed by atoms with Crippen molar-refractivity contribution in [3.63, 3.8) is 0 Å². The van der Waals surface area contributed by atoms with E-state index in [1.54, 1.807) is 12.1 Å².